The smallest absolute Gasteiger partial charge is 0.356 e. The van der Waals surface area contributed by atoms with E-state index in [9.17, 15) is 4.79 Å². The molecule has 2 aromatic heterocycles. The molecule has 0 amide bonds. The van der Waals surface area contributed by atoms with Gasteiger partial charge < -0.3 is 9.47 Å². The third kappa shape index (κ3) is 3.28. The highest BCUT2D eigenvalue weighted by Crippen LogP contribution is 2.34. The highest BCUT2D eigenvalue weighted by atomic mass is 35.5. The molecular weight excluding hydrogens is 368 g/mol. The lowest BCUT2D eigenvalue weighted by atomic mass is 10.0. The van der Waals surface area contributed by atoms with Crippen LogP contribution in [0.4, 0.5) is 0 Å². The molecule has 1 aliphatic heterocycles. The highest BCUT2D eigenvalue weighted by molar-refractivity contribution is 6.28. The molecule has 3 heterocycles. The van der Waals surface area contributed by atoms with Crippen LogP contribution in [-0.2, 0) is 9.47 Å². The molecule has 0 bridgehead atoms. The Hall–Kier alpha value is -2.51. The van der Waals surface area contributed by atoms with Gasteiger partial charge in [-0.2, -0.15) is 5.10 Å². The lowest BCUT2D eigenvalue weighted by Crippen LogP contribution is -2.18. The van der Waals surface area contributed by atoms with E-state index in [2.05, 4.69) is 15.1 Å². The quantitative estimate of drug-likeness (QED) is 0.501. The normalized spacial score (nSPS) is 17.2. The van der Waals surface area contributed by atoms with Gasteiger partial charge in [0.25, 0.3) is 0 Å². The molecule has 1 saturated heterocycles. The molecule has 0 saturated carbocycles. The van der Waals surface area contributed by atoms with E-state index < -0.39 is 5.97 Å². The van der Waals surface area contributed by atoms with Crippen molar-refractivity contribution < 1.29 is 14.3 Å². The van der Waals surface area contributed by atoms with Crippen molar-refractivity contribution in [1.82, 2.24) is 19.7 Å². The molecule has 0 radical (unpaired) electrons. The summed E-state index contributed by atoms with van der Waals surface area (Å²) in [6, 6.07) is 5.63. The summed E-state index contributed by atoms with van der Waals surface area (Å²) in [5, 5.41) is 5.48. The van der Waals surface area contributed by atoms with Gasteiger partial charge in [0, 0.05) is 17.6 Å². The minimum absolute atomic E-state index is 0.00712. The molecule has 0 N–H and O–H groups in total. The first-order valence-corrected chi connectivity index (χ1v) is 9.18. The van der Waals surface area contributed by atoms with Crippen LogP contribution in [0, 0.1) is 6.92 Å². The van der Waals surface area contributed by atoms with Crippen molar-refractivity contribution in [3.63, 3.8) is 0 Å². The van der Waals surface area contributed by atoms with Gasteiger partial charge in [-0.3, -0.25) is 0 Å². The van der Waals surface area contributed by atoms with Crippen molar-refractivity contribution in [2.24, 2.45) is 0 Å². The third-order valence-corrected chi connectivity index (χ3v) is 4.94. The molecule has 7 nitrogen and oxygen atoms in total. The first-order valence-electron chi connectivity index (χ1n) is 8.80. The van der Waals surface area contributed by atoms with Crippen LogP contribution in [-0.4, -0.2) is 39.4 Å². The minimum Gasteiger partial charge on any atom is -0.464 e. The Morgan fingerprint density at radius 3 is 2.93 bits per heavy atom. The lowest BCUT2D eigenvalue weighted by Gasteiger charge is -2.23. The number of fused-ring (bicyclic) bond motifs is 1. The molecule has 0 spiro atoms. The van der Waals surface area contributed by atoms with E-state index in [0.29, 0.717) is 5.69 Å². The molecule has 3 aromatic rings. The average molecular weight is 387 g/mol. The van der Waals surface area contributed by atoms with Crippen molar-refractivity contribution >= 4 is 28.5 Å². The zero-order valence-electron chi connectivity index (χ0n) is 15.1. The lowest BCUT2D eigenvalue weighted by molar-refractivity contribution is -0.0366. The second kappa shape index (κ2) is 7.25. The van der Waals surface area contributed by atoms with E-state index in [1.807, 2.05) is 29.9 Å². The second-order valence-corrected chi connectivity index (χ2v) is 6.84. The summed E-state index contributed by atoms with van der Waals surface area (Å²) < 4.78 is 12.6. The first-order chi connectivity index (χ1) is 13.1. The number of carbonyl (C=O) groups excluding carboxylic acids is 1. The van der Waals surface area contributed by atoms with Crippen molar-refractivity contribution in [3.8, 4) is 11.3 Å². The van der Waals surface area contributed by atoms with Crippen LogP contribution in [0.5, 0.6) is 0 Å². The van der Waals surface area contributed by atoms with Gasteiger partial charge in [-0.25, -0.2) is 19.4 Å². The number of aromatic nitrogens is 4. The number of hydrogen-bond acceptors (Lipinski definition) is 6. The van der Waals surface area contributed by atoms with Crippen LogP contribution in [0.2, 0.25) is 5.28 Å². The van der Waals surface area contributed by atoms with E-state index in [4.69, 9.17) is 21.1 Å². The van der Waals surface area contributed by atoms with Crippen molar-refractivity contribution in [2.75, 3.05) is 13.7 Å². The molecule has 1 aliphatic rings. The van der Waals surface area contributed by atoms with Gasteiger partial charge in [0.05, 0.1) is 24.5 Å². The van der Waals surface area contributed by atoms with Gasteiger partial charge in [0.15, 0.2) is 11.9 Å². The maximum atomic E-state index is 11.9. The number of rotatable bonds is 3. The van der Waals surface area contributed by atoms with Crippen molar-refractivity contribution in [3.05, 3.63) is 40.9 Å². The zero-order valence-corrected chi connectivity index (χ0v) is 15.9. The van der Waals surface area contributed by atoms with Crippen LogP contribution >= 0.6 is 11.6 Å². The number of ether oxygens (including phenoxy) is 2. The summed E-state index contributed by atoms with van der Waals surface area (Å²) in [4.78, 5) is 20.2. The summed E-state index contributed by atoms with van der Waals surface area (Å²) in [7, 11) is 1.30. The van der Waals surface area contributed by atoms with Crippen LogP contribution < -0.4 is 0 Å². The Bertz CT molecular complexity index is 1010. The highest BCUT2D eigenvalue weighted by Gasteiger charge is 2.21. The number of halogens is 1. The van der Waals surface area contributed by atoms with E-state index in [-0.39, 0.29) is 17.2 Å². The predicted octanol–water partition coefficient (Wildman–Crippen LogP) is 3.94. The van der Waals surface area contributed by atoms with Crippen LogP contribution in [0.3, 0.4) is 0 Å². The molecule has 4 rings (SSSR count). The first kappa shape index (κ1) is 17.9. The number of benzene rings is 1. The molecule has 27 heavy (non-hydrogen) atoms. The molecular formula is C19H19ClN4O3. The number of nitrogens with zero attached hydrogens (tertiary/aromatic N) is 4. The standard InChI is InChI=1S/C19H19ClN4O3/c1-11-6-7-15-12(10-21-24(15)16-5-3-4-8-27-16)17(11)13-9-14(18(25)26-2)23-19(20)22-13/h6-7,9-10,16H,3-5,8H2,1-2H3. The SMILES string of the molecule is COC(=O)c1cc(-c2c(C)ccc3c2cnn3C2CCCCO2)nc(Cl)n1. The number of esters is 1. The van der Waals surface area contributed by atoms with Crippen LogP contribution in [0.25, 0.3) is 22.2 Å². The Morgan fingerprint density at radius 2 is 2.19 bits per heavy atom. The molecule has 8 heteroatoms. The zero-order chi connectivity index (χ0) is 19.0. The number of hydrogen-bond donors (Lipinski definition) is 0. The van der Waals surface area contributed by atoms with Crippen LogP contribution in [0.15, 0.2) is 24.4 Å². The van der Waals surface area contributed by atoms with Crippen LogP contribution in [0.1, 0.15) is 41.5 Å². The maximum Gasteiger partial charge on any atom is 0.356 e. The second-order valence-electron chi connectivity index (χ2n) is 6.50. The Labute approximate surface area is 161 Å². The fourth-order valence-corrected chi connectivity index (χ4v) is 3.65. The summed E-state index contributed by atoms with van der Waals surface area (Å²) in [5.41, 5.74) is 3.49. The number of methoxy groups -OCH3 is 1. The predicted molar refractivity (Wildman–Crippen MR) is 101 cm³/mol. The number of carbonyl (C=O) groups is 1. The average Bonchev–Trinajstić information content (AvgIpc) is 3.11. The molecule has 1 fully saturated rings. The molecule has 140 valence electrons. The van der Waals surface area contributed by atoms with Crippen molar-refractivity contribution in [2.45, 2.75) is 32.4 Å². The van der Waals surface area contributed by atoms with E-state index in [1.165, 1.54) is 7.11 Å². The van der Waals surface area contributed by atoms with Gasteiger partial charge >= 0.3 is 5.97 Å². The Balaban J connectivity index is 1.87. The van der Waals surface area contributed by atoms with Gasteiger partial charge in [-0.05, 0) is 55.5 Å². The minimum atomic E-state index is -0.559. The maximum absolute atomic E-state index is 11.9. The van der Waals surface area contributed by atoms with E-state index in [1.54, 1.807) is 6.07 Å². The topological polar surface area (TPSA) is 79.1 Å². The van der Waals surface area contributed by atoms with Gasteiger partial charge in [-0.15, -0.1) is 0 Å². The van der Waals surface area contributed by atoms with Gasteiger partial charge in [0.2, 0.25) is 5.28 Å². The summed E-state index contributed by atoms with van der Waals surface area (Å²) in [6.45, 7) is 2.73. The number of aryl methyl sites for hydroxylation is 1. The molecule has 1 aromatic carbocycles. The monoisotopic (exact) mass is 386 g/mol. The van der Waals surface area contributed by atoms with Gasteiger partial charge in [-0.1, -0.05) is 6.07 Å². The molecule has 1 atom stereocenters. The molecule has 1 unspecified atom stereocenters. The summed E-state index contributed by atoms with van der Waals surface area (Å²) in [5.74, 6) is -0.559. The third-order valence-electron chi connectivity index (χ3n) is 4.77. The Kier molecular flexibility index (Phi) is 4.80. The fraction of sp³-hybridized carbons (Fsp3) is 0.368. The van der Waals surface area contributed by atoms with Gasteiger partial charge in [0.1, 0.15) is 0 Å². The van der Waals surface area contributed by atoms with E-state index in [0.717, 1.165) is 47.9 Å². The summed E-state index contributed by atoms with van der Waals surface area (Å²) in [6.07, 6.45) is 4.88. The van der Waals surface area contributed by atoms with Crippen molar-refractivity contribution in [1.29, 1.82) is 0 Å². The largest absolute Gasteiger partial charge is 0.464 e. The fourth-order valence-electron chi connectivity index (χ4n) is 3.47. The molecule has 0 aliphatic carbocycles. The summed E-state index contributed by atoms with van der Waals surface area (Å²) >= 11 is 6.06. The Morgan fingerprint density at radius 1 is 1.33 bits per heavy atom. The van der Waals surface area contributed by atoms with E-state index >= 15 is 0 Å².